The van der Waals surface area contributed by atoms with E-state index in [1.165, 1.54) is 16.4 Å². The molecule has 0 aliphatic rings. The Bertz CT molecular complexity index is 1180. The lowest BCUT2D eigenvalue weighted by molar-refractivity contribution is -0.118. The lowest BCUT2D eigenvalue weighted by Crippen LogP contribution is -2.30. The second kappa shape index (κ2) is 11.3. The molecule has 1 aromatic heterocycles. The zero-order chi connectivity index (χ0) is 24.7. The average Bonchev–Trinajstić information content (AvgIpc) is 3.29. The Labute approximate surface area is 200 Å². The minimum Gasteiger partial charge on any atom is -0.484 e. The molecule has 1 N–H and O–H groups in total. The number of rotatable bonds is 11. The number of carbonyl (C=O) groups is 1. The van der Waals surface area contributed by atoms with Gasteiger partial charge in [-0.05, 0) is 42.0 Å². The molecule has 0 bridgehead atoms. The standard InChI is InChI=1S/C24H30N4O5S/c1-5-28(6-2)34(30,31)21-13-11-20(12-14-21)32-16-23(29)25-19-9-7-18(8-10-19)15-22-26-24(17(3)4)33-27-22/h7-14,17H,5-6,15-16H2,1-4H3,(H,25,29). The zero-order valence-electron chi connectivity index (χ0n) is 19.8. The van der Waals surface area contributed by atoms with Gasteiger partial charge >= 0.3 is 0 Å². The third-order valence-corrected chi connectivity index (χ3v) is 7.18. The summed E-state index contributed by atoms with van der Waals surface area (Å²) >= 11 is 0. The molecule has 2 aromatic carbocycles. The maximum Gasteiger partial charge on any atom is 0.262 e. The maximum absolute atomic E-state index is 12.5. The third kappa shape index (κ3) is 6.42. The van der Waals surface area contributed by atoms with Gasteiger partial charge in [-0.2, -0.15) is 9.29 Å². The number of hydrogen-bond acceptors (Lipinski definition) is 7. The topological polar surface area (TPSA) is 115 Å². The fourth-order valence-corrected chi connectivity index (χ4v) is 4.69. The van der Waals surface area contributed by atoms with Crippen LogP contribution in [0.4, 0.5) is 5.69 Å². The van der Waals surface area contributed by atoms with Gasteiger partial charge in [0.2, 0.25) is 15.9 Å². The van der Waals surface area contributed by atoms with Crippen LogP contribution in [0.25, 0.3) is 0 Å². The van der Waals surface area contributed by atoms with Crippen molar-refractivity contribution < 1.29 is 22.5 Å². The number of anilines is 1. The summed E-state index contributed by atoms with van der Waals surface area (Å²) < 4.78 is 37.2. The highest BCUT2D eigenvalue weighted by molar-refractivity contribution is 7.89. The first-order chi connectivity index (χ1) is 16.2. The van der Waals surface area contributed by atoms with Gasteiger partial charge in [-0.1, -0.05) is 45.0 Å². The molecule has 0 aliphatic carbocycles. The average molecular weight is 487 g/mol. The predicted octanol–water partition coefficient (Wildman–Crippen LogP) is 3.83. The molecule has 9 nitrogen and oxygen atoms in total. The first-order valence-electron chi connectivity index (χ1n) is 11.2. The molecule has 0 unspecified atom stereocenters. The number of ether oxygens (including phenoxy) is 1. The van der Waals surface area contributed by atoms with Crippen LogP contribution in [-0.4, -0.2) is 48.5 Å². The highest BCUT2D eigenvalue weighted by Crippen LogP contribution is 2.20. The fraction of sp³-hybridized carbons (Fsp3) is 0.375. The van der Waals surface area contributed by atoms with Crippen molar-refractivity contribution in [1.82, 2.24) is 14.4 Å². The van der Waals surface area contributed by atoms with Crippen molar-refractivity contribution >= 4 is 21.6 Å². The molecule has 0 fully saturated rings. The molecule has 0 aliphatic heterocycles. The lowest BCUT2D eigenvalue weighted by atomic mass is 10.1. The van der Waals surface area contributed by atoms with Gasteiger partial charge < -0.3 is 14.6 Å². The molecule has 0 saturated heterocycles. The largest absolute Gasteiger partial charge is 0.484 e. The highest BCUT2D eigenvalue weighted by Gasteiger charge is 2.21. The Balaban J connectivity index is 1.51. The molecular formula is C24H30N4O5S. The van der Waals surface area contributed by atoms with Crippen LogP contribution in [0, 0.1) is 0 Å². The molecule has 1 amide bonds. The summed E-state index contributed by atoms with van der Waals surface area (Å²) in [6.45, 7) is 8.16. The summed E-state index contributed by atoms with van der Waals surface area (Å²) in [6.07, 6.45) is 0.535. The van der Waals surface area contributed by atoms with E-state index in [2.05, 4.69) is 15.5 Å². The number of aromatic nitrogens is 2. The van der Waals surface area contributed by atoms with Gasteiger partial charge in [0.15, 0.2) is 12.4 Å². The lowest BCUT2D eigenvalue weighted by Gasteiger charge is -2.18. The Morgan fingerprint density at radius 2 is 1.71 bits per heavy atom. The monoisotopic (exact) mass is 486 g/mol. The number of amides is 1. The Morgan fingerprint density at radius 1 is 1.06 bits per heavy atom. The summed E-state index contributed by atoms with van der Waals surface area (Å²) in [5, 5.41) is 6.76. The fourth-order valence-electron chi connectivity index (χ4n) is 3.23. The van der Waals surface area contributed by atoms with Crippen molar-refractivity contribution in [1.29, 1.82) is 0 Å². The summed E-state index contributed by atoms with van der Waals surface area (Å²) in [7, 11) is -3.53. The second-order valence-corrected chi connectivity index (χ2v) is 9.91. The van der Waals surface area contributed by atoms with Gasteiger partial charge in [-0.25, -0.2) is 8.42 Å². The summed E-state index contributed by atoms with van der Waals surface area (Å²) in [5.74, 6) is 1.49. The third-order valence-electron chi connectivity index (χ3n) is 5.11. The van der Waals surface area contributed by atoms with E-state index in [1.807, 2.05) is 26.0 Å². The number of nitrogens with one attached hydrogen (secondary N) is 1. The van der Waals surface area contributed by atoms with Crippen LogP contribution >= 0.6 is 0 Å². The minimum atomic E-state index is -3.53. The molecule has 3 aromatic rings. The predicted molar refractivity (Wildman–Crippen MR) is 128 cm³/mol. The van der Waals surface area contributed by atoms with Crippen molar-refractivity contribution in [2.75, 3.05) is 25.0 Å². The molecule has 0 radical (unpaired) electrons. The van der Waals surface area contributed by atoms with Crippen LogP contribution in [0.2, 0.25) is 0 Å². The van der Waals surface area contributed by atoms with Crippen molar-refractivity contribution in [3.63, 3.8) is 0 Å². The first-order valence-corrected chi connectivity index (χ1v) is 12.6. The second-order valence-electron chi connectivity index (χ2n) is 7.97. The van der Waals surface area contributed by atoms with E-state index in [4.69, 9.17) is 9.26 Å². The summed E-state index contributed by atoms with van der Waals surface area (Å²) in [4.78, 5) is 16.8. The molecule has 34 heavy (non-hydrogen) atoms. The van der Waals surface area contributed by atoms with Gasteiger partial charge in [0.1, 0.15) is 5.75 Å². The Hall–Kier alpha value is -3.24. The molecular weight excluding hydrogens is 456 g/mol. The van der Waals surface area contributed by atoms with E-state index in [1.54, 1.807) is 38.1 Å². The number of hydrogen-bond donors (Lipinski definition) is 1. The minimum absolute atomic E-state index is 0.180. The van der Waals surface area contributed by atoms with Crippen LogP contribution in [0.1, 0.15) is 50.9 Å². The molecule has 1 heterocycles. The summed E-state index contributed by atoms with van der Waals surface area (Å²) in [5.41, 5.74) is 1.62. The highest BCUT2D eigenvalue weighted by atomic mass is 32.2. The van der Waals surface area contributed by atoms with Crippen LogP contribution in [-0.2, 0) is 21.2 Å². The van der Waals surface area contributed by atoms with Crippen molar-refractivity contribution in [2.24, 2.45) is 0 Å². The van der Waals surface area contributed by atoms with Crippen LogP contribution in [0.5, 0.6) is 5.75 Å². The Morgan fingerprint density at radius 3 is 2.26 bits per heavy atom. The van der Waals surface area contributed by atoms with Gasteiger partial charge in [0.05, 0.1) is 4.90 Å². The van der Waals surface area contributed by atoms with Crippen molar-refractivity contribution in [3.8, 4) is 5.75 Å². The first kappa shape index (κ1) is 25.4. The van der Waals surface area contributed by atoms with Crippen LogP contribution < -0.4 is 10.1 Å². The van der Waals surface area contributed by atoms with Gasteiger partial charge in [-0.3, -0.25) is 4.79 Å². The van der Waals surface area contributed by atoms with Gasteiger partial charge in [0.25, 0.3) is 5.91 Å². The Kier molecular flexibility index (Phi) is 8.41. The molecule has 0 spiro atoms. The molecule has 0 atom stereocenters. The summed E-state index contributed by atoms with van der Waals surface area (Å²) in [6, 6.07) is 13.4. The SMILES string of the molecule is CCN(CC)S(=O)(=O)c1ccc(OCC(=O)Nc2ccc(Cc3noc(C(C)C)n3)cc2)cc1. The van der Waals surface area contributed by atoms with E-state index in [-0.39, 0.29) is 23.3 Å². The van der Waals surface area contributed by atoms with Crippen LogP contribution in [0.3, 0.4) is 0 Å². The number of nitrogens with zero attached hydrogens (tertiary/aromatic N) is 3. The molecule has 0 saturated carbocycles. The number of benzene rings is 2. The van der Waals surface area contributed by atoms with Gasteiger partial charge in [-0.15, -0.1) is 0 Å². The van der Waals surface area contributed by atoms with Crippen LogP contribution in [0.15, 0.2) is 57.9 Å². The van der Waals surface area contributed by atoms with E-state index in [0.29, 0.717) is 42.7 Å². The van der Waals surface area contributed by atoms with Gasteiger partial charge in [0, 0.05) is 31.1 Å². The van der Waals surface area contributed by atoms with E-state index < -0.39 is 10.0 Å². The molecule has 3 rings (SSSR count). The zero-order valence-corrected chi connectivity index (χ0v) is 20.6. The molecule has 10 heteroatoms. The quantitative estimate of drug-likeness (QED) is 0.438. The normalized spacial score (nSPS) is 11.7. The molecule has 182 valence electrons. The number of sulfonamides is 1. The number of carbonyl (C=O) groups excluding carboxylic acids is 1. The van der Waals surface area contributed by atoms with E-state index in [0.717, 1.165) is 5.56 Å². The van der Waals surface area contributed by atoms with E-state index >= 15 is 0 Å². The smallest absolute Gasteiger partial charge is 0.262 e. The maximum atomic E-state index is 12.5. The van der Waals surface area contributed by atoms with E-state index in [9.17, 15) is 13.2 Å². The van der Waals surface area contributed by atoms with Crippen molar-refractivity contribution in [2.45, 2.75) is 44.9 Å². The van der Waals surface area contributed by atoms with Crippen molar-refractivity contribution in [3.05, 3.63) is 65.8 Å².